The molecule has 0 spiro atoms. The lowest BCUT2D eigenvalue weighted by Crippen LogP contribution is -2.55. The largest absolute Gasteiger partial charge is 0.475 e. The smallest absolute Gasteiger partial charge is 0.453 e. The number of fused-ring (bicyclic) bond motifs is 1. The van der Waals surface area contributed by atoms with Gasteiger partial charge in [0.15, 0.2) is 11.5 Å². The summed E-state index contributed by atoms with van der Waals surface area (Å²) in [6, 6.07) is 12.1. The highest BCUT2D eigenvalue weighted by Gasteiger charge is 2.58. The van der Waals surface area contributed by atoms with Crippen LogP contribution in [0.3, 0.4) is 0 Å². The third-order valence-electron chi connectivity index (χ3n) is 5.73. The topological polar surface area (TPSA) is 114 Å². The maximum Gasteiger partial charge on any atom is 0.453 e. The zero-order chi connectivity index (χ0) is 25.4. The fourth-order valence-electron chi connectivity index (χ4n) is 3.79. The summed E-state index contributed by atoms with van der Waals surface area (Å²) in [5.41, 5.74) is 1.57. The molecule has 35 heavy (non-hydrogen) atoms. The molecule has 9 heteroatoms. The van der Waals surface area contributed by atoms with Gasteiger partial charge in [0.2, 0.25) is 0 Å². The molecule has 190 valence electrons. The van der Waals surface area contributed by atoms with Crippen molar-refractivity contribution in [3.8, 4) is 11.5 Å². The predicted octanol–water partition coefficient (Wildman–Crippen LogP) is 4.27. The van der Waals surface area contributed by atoms with Gasteiger partial charge in [-0.1, -0.05) is 56.0 Å². The standard InChI is InChI=1S/C26H32ClNO7/c1-3-4-5-6-12-33-25(32)26(24(30)31)34-22-11-10-18(14-23(22)35-26)13-17(2)28-16-21(29)19-8-7-9-20(27)15-19/h7-11,14-15,17,21,28-29H,3-6,12-13,16H2,1-2H3,(H,30,31)/t17-,21+,26?/m1/s1. The predicted molar refractivity (Wildman–Crippen MR) is 131 cm³/mol. The molecule has 1 aliphatic rings. The van der Waals surface area contributed by atoms with Gasteiger partial charge in [0.05, 0.1) is 12.7 Å². The highest BCUT2D eigenvalue weighted by Crippen LogP contribution is 2.41. The van der Waals surface area contributed by atoms with Crippen LogP contribution in [-0.2, 0) is 20.7 Å². The molecule has 3 rings (SSSR count). The monoisotopic (exact) mass is 505 g/mol. The van der Waals surface area contributed by atoms with E-state index in [0.29, 0.717) is 24.4 Å². The summed E-state index contributed by atoms with van der Waals surface area (Å²) in [6.07, 6.45) is 3.43. The van der Waals surface area contributed by atoms with Crippen LogP contribution in [0.2, 0.25) is 5.02 Å². The van der Waals surface area contributed by atoms with Gasteiger partial charge < -0.3 is 29.7 Å². The molecule has 2 aromatic carbocycles. The van der Waals surface area contributed by atoms with Crippen molar-refractivity contribution in [1.29, 1.82) is 0 Å². The van der Waals surface area contributed by atoms with Crippen LogP contribution in [0.1, 0.15) is 56.8 Å². The van der Waals surface area contributed by atoms with E-state index >= 15 is 0 Å². The Kier molecular flexibility index (Phi) is 9.37. The molecule has 1 unspecified atom stereocenters. The number of benzene rings is 2. The summed E-state index contributed by atoms with van der Waals surface area (Å²) in [6.45, 7) is 4.47. The number of esters is 1. The summed E-state index contributed by atoms with van der Waals surface area (Å²) in [7, 11) is 0. The van der Waals surface area contributed by atoms with E-state index in [1.807, 2.05) is 13.0 Å². The van der Waals surface area contributed by atoms with Crippen LogP contribution >= 0.6 is 11.6 Å². The molecule has 0 bridgehead atoms. The quantitative estimate of drug-likeness (QED) is 0.210. The number of nitrogens with one attached hydrogen (secondary N) is 1. The Labute approximate surface area is 210 Å². The zero-order valence-electron chi connectivity index (χ0n) is 20.0. The van der Waals surface area contributed by atoms with Crippen LogP contribution in [0.4, 0.5) is 0 Å². The van der Waals surface area contributed by atoms with Crippen molar-refractivity contribution in [3.63, 3.8) is 0 Å². The Hall–Kier alpha value is -2.81. The molecule has 0 saturated heterocycles. The lowest BCUT2D eigenvalue weighted by atomic mass is 10.1. The Bertz CT molecular complexity index is 1030. The number of aliphatic hydroxyl groups is 1. The van der Waals surface area contributed by atoms with Crippen molar-refractivity contribution < 1.29 is 34.0 Å². The maximum absolute atomic E-state index is 12.6. The van der Waals surface area contributed by atoms with Crippen LogP contribution in [0.5, 0.6) is 11.5 Å². The Balaban J connectivity index is 1.57. The average Bonchev–Trinajstić information content (AvgIpc) is 3.23. The number of hydrogen-bond donors (Lipinski definition) is 3. The number of aliphatic carboxylic acids is 1. The number of unbranched alkanes of at least 4 members (excludes halogenated alkanes) is 3. The number of carboxylic acid groups (broad SMARTS) is 1. The molecule has 0 amide bonds. The van der Waals surface area contributed by atoms with E-state index < -0.39 is 23.8 Å². The Morgan fingerprint density at radius 2 is 1.89 bits per heavy atom. The molecule has 1 heterocycles. The maximum atomic E-state index is 12.6. The van der Waals surface area contributed by atoms with Crippen molar-refractivity contribution >= 4 is 23.5 Å². The van der Waals surface area contributed by atoms with Crippen molar-refractivity contribution in [2.75, 3.05) is 13.2 Å². The van der Waals surface area contributed by atoms with Crippen LogP contribution in [0, 0.1) is 0 Å². The molecule has 3 atom stereocenters. The Morgan fingerprint density at radius 1 is 1.11 bits per heavy atom. The molecule has 3 N–H and O–H groups in total. The number of hydrogen-bond acceptors (Lipinski definition) is 7. The van der Waals surface area contributed by atoms with E-state index in [9.17, 15) is 19.8 Å². The molecule has 0 aliphatic carbocycles. The number of carboxylic acids is 1. The van der Waals surface area contributed by atoms with E-state index in [-0.39, 0.29) is 24.1 Å². The average molecular weight is 506 g/mol. The fourth-order valence-corrected chi connectivity index (χ4v) is 3.99. The van der Waals surface area contributed by atoms with Gasteiger partial charge >= 0.3 is 17.7 Å². The second-order valence-corrected chi connectivity index (χ2v) is 9.12. The van der Waals surface area contributed by atoms with Crippen molar-refractivity contribution in [3.05, 3.63) is 58.6 Å². The molecule has 0 aromatic heterocycles. The molecule has 8 nitrogen and oxygen atoms in total. The van der Waals surface area contributed by atoms with Gasteiger partial charge in [0, 0.05) is 17.6 Å². The van der Waals surface area contributed by atoms with Crippen LogP contribution in [0.25, 0.3) is 0 Å². The SMILES string of the molecule is CCCCCCOC(=O)C1(C(=O)O)Oc2ccc(C[C@@H](C)NC[C@H](O)c3cccc(Cl)c3)cc2O1. The highest BCUT2D eigenvalue weighted by atomic mass is 35.5. The number of carbonyl (C=O) groups is 2. The van der Waals surface area contributed by atoms with E-state index in [2.05, 4.69) is 12.2 Å². The van der Waals surface area contributed by atoms with Gasteiger partial charge in [0.25, 0.3) is 0 Å². The first kappa shape index (κ1) is 26.8. The number of ether oxygens (including phenoxy) is 3. The van der Waals surface area contributed by atoms with E-state index in [0.717, 1.165) is 30.4 Å². The Morgan fingerprint density at radius 3 is 2.60 bits per heavy atom. The van der Waals surface area contributed by atoms with Crippen molar-refractivity contribution in [1.82, 2.24) is 5.32 Å². The first-order valence-electron chi connectivity index (χ1n) is 11.8. The lowest BCUT2D eigenvalue weighted by Gasteiger charge is -2.20. The number of halogens is 1. The van der Waals surface area contributed by atoms with E-state index in [1.165, 1.54) is 0 Å². The summed E-state index contributed by atoms with van der Waals surface area (Å²) in [4.78, 5) is 24.5. The highest BCUT2D eigenvalue weighted by molar-refractivity contribution is 6.30. The normalized spacial score (nSPS) is 18.2. The first-order chi connectivity index (χ1) is 16.7. The first-order valence-corrected chi connectivity index (χ1v) is 12.2. The minimum atomic E-state index is -2.54. The molecular weight excluding hydrogens is 474 g/mol. The zero-order valence-corrected chi connectivity index (χ0v) is 20.7. The molecule has 0 fully saturated rings. The van der Waals surface area contributed by atoms with E-state index in [4.69, 9.17) is 25.8 Å². The van der Waals surface area contributed by atoms with Gasteiger partial charge in [-0.3, -0.25) is 0 Å². The molecule has 1 aliphatic heterocycles. The van der Waals surface area contributed by atoms with Gasteiger partial charge in [0.1, 0.15) is 0 Å². The lowest BCUT2D eigenvalue weighted by molar-refractivity contribution is -0.198. The van der Waals surface area contributed by atoms with Crippen molar-refractivity contribution in [2.24, 2.45) is 0 Å². The van der Waals surface area contributed by atoms with Gasteiger partial charge in [-0.15, -0.1) is 0 Å². The number of carbonyl (C=O) groups excluding carboxylic acids is 1. The summed E-state index contributed by atoms with van der Waals surface area (Å²) < 4.78 is 16.1. The molecule has 2 aromatic rings. The third-order valence-corrected chi connectivity index (χ3v) is 5.97. The van der Waals surface area contributed by atoms with Gasteiger partial charge in [-0.05, 0) is 55.2 Å². The number of rotatable bonds is 13. The van der Waals surface area contributed by atoms with Crippen molar-refractivity contribution in [2.45, 2.75) is 63.9 Å². The van der Waals surface area contributed by atoms with Gasteiger partial charge in [-0.25, -0.2) is 9.59 Å². The summed E-state index contributed by atoms with van der Waals surface area (Å²) in [5, 5.41) is 23.9. The summed E-state index contributed by atoms with van der Waals surface area (Å²) >= 11 is 5.99. The molecular formula is C26H32ClNO7. The minimum Gasteiger partial charge on any atom is -0.475 e. The fraction of sp³-hybridized carbons (Fsp3) is 0.462. The molecule has 0 radical (unpaired) electrons. The minimum absolute atomic E-state index is 0.0125. The molecule has 0 saturated carbocycles. The third kappa shape index (κ3) is 6.87. The van der Waals surface area contributed by atoms with Gasteiger partial charge in [-0.2, -0.15) is 0 Å². The number of aliphatic hydroxyl groups excluding tert-OH is 1. The van der Waals surface area contributed by atoms with Crippen LogP contribution in [-0.4, -0.2) is 47.1 Å². The summed E-state index contributed by atoms with van der Waals surface area (Å²) in [5.74, 6) is -4.87. The second kappa shape index (κ2) is 12.2. The van der Waals surface area contributed by atoms with Crippen LogP contribution in [0.15, 0.2) is 42.5 Å². The van der Waals surface area contributed by atoms with Crippen LogP contribution < -0.4 is 14.8 Å². The second-order valence-electron chi connectivity index (χ2n) is 8.69. The van der Waals surface area contributed by atoms with E-state index in [1.54, 1.807) is 36.4 Å².